The summed E-state index contributed by atoms with van der Waals surface area (Å²) in [6, 6.07) is 6.49. The van der Waals surface area contributed by atoms with Crippen LogP contribution in [0, 0.1) is 0 Å². The number of amidine groups is 1. The fourth-order valence-electron chi connectivity index (χ4n) is 4.58. The highest BCUT2D eigenvalue weighted by Gasteiger charge is 2.35. The predicted molar refractivity (Wildman–Crippen MR) is 125 cm³/mol. The number of ether oxygens (including phenoxy) is 1. The zero-order valence-electron chi connectivity index (χ0n) is 17.9. The lowest BCUT2D eigenvalue weighted by molar-refractivity contribution is 0.122. The Morgan fingerprint density at radius 3 is 2.77 bits per heavy atom. The van der Waals surface area contributed by atoms with E-state index in [0.29, 0.717) is 11.1 Å². The number of hydrogen-bond donors (Lipinski definition) is 4. The summed E-state index contributed by atoms with van der Waals surface area (Å²) in [5.74, 6) is 0.943. The van der Waals surface area contributed by atoms with Crippen molar-refractivity contribution in [1.29, 1.82) is 0 Å². The van der Waals surface area contributed by atoms with Gasteiger partial charge in [0.2, 0.25) is 0 Å². The smallest absolute Gasteiger partial charge is 0.184 e. The van der Waals surface area contributed by atoms with E-state index in [-0.39, 0.29) is 0 Å². The fraction of sp³-hybridized carbons (Fsp3) is 0.545. The normalized spacial score (nSPS) is 25.6. The van der Waals surface area contributed by atoms with Crippen molar-refractivity contribution in [2.75, 3.05) is 41.8 Å². The molecule has 0 bridgehead atoms. The van der Waals surface area contributed by atoms with Gasteiger partial charge in [-0.2, -0.15) is 0 Å². The first-order chi connectivity index (χ1) is 15.1. The number of anilines is 3. The van der Waals surface area contributed by atoms with Gasteiger partial charge in [0.15, 0.2) is 17.4 Å². The van der Waals surface area contributed by atoms with Crippen LogP contribution in [-0.4, -0.2) is 53.9 Å². The summed E-state index contributed by atoms with van der Waals surface area (Å²) in [5.41, 5.74) is 2.86. The second-order valence-corrected chi connectivity index (χ2v) is 9.07. The number of aromatic nitrogens is 2. The number of nitrogens with zero attached hydrogens (tertiary/aromatic N) is 3. The van der Waals surface area contributed by atoms with E-state index in [4.69, 9.17) is 21.3 Å². The number of aromatic amines is 1. The molecule has 1 saturated carbocycles. The average molecular weight is 444 g/mol. The molecule has 0 radical (unpaired) electrons. The number of hydrogen-bond acceptors (Lipinski definition) is 6. The highest BCUT2D eigenvalue weighted by Crippen LogP contribution is 2.32. The maximum absolute atomic E-state index is 6.67. The molecule has 166 valence electrons. The lowest BCUT2D eigenvalue weighted by Gasteiger charge is -2.39. The summed E-state index contributed by atoms with van der Waals surface area (Å²) in [6.45, 7) is 5.30. The first kappa shape index (κ1) is 20.5. The standard InChI is InChI=1S/C22H30ClN7O/c1-22(27-18-8-7-16(13-17(18)23)30-9-11-31-12-10-30)28-20-19(24-14-25-20)21(29-22)26-15-5-3-2-4-6-15/h7-8,13-15,27-28H,2-6,9-12H2,1H3,(H,24,25)(H,26,29). The third kappa shape index (κ3) is 4.45. The summed E-state index contributed by atoms with van der Waals surface area (Å²) in [6.07, 6.45) is 7.78. The first-order valence-corrected chi connectivity index (χ1v) is 11.6. The molecule has 5 rings (SSSR count). The Labute approximate surface area is 187 Å². The Morgan fingerprint density at radius 1 is 1.19 bits per heavy atom. The zero-order valence-corrected chi connectivity index (χ0v) is 18.6. The number of halogens is 1. The molecule has 9 heteroatoms. The van der Waals surface area contributed by atoms with Crippen molar-refractivity contribution in [2.24, 2.45) is 4.99 Å². The Hall–Kier alpha value is -2.45. The van der Waals surface area contributed by atoms with Crippen LogP contribution in [0.4, 0.5) is 17.2 Å². The number of rotatable bonds is 4. The van der Waals surface area contributed by atoms with E-state index in [1.165, 1.54) is 19.3 Å². The number of H-pyrrole nitrogens is 1. The van der Waals surface area contributed by atoms with E-state index >= 15 is 0 Å². The van der Waals surface area contributed by atoms with Gasteiger partial charge in [-0.1, -0.05) is 30.9 Å². The third-order valence-electron chi connectivity index (χ3n) is 6.21. The molecule has 1 atom stereocenters. The SMILES string of the molecule is CC1(Nc2ccc(N3CCOCC3)cc2Cl)NC(=NC2CCCCC2)c2[nH]cnc2N1. The molecule has 1 aromatic heterocycles. The predicted octanol–water partition coefficient (Wildman–Crippen LogP) is 3.78. The van der Waals surface area contributed by atoms with E-state index < -0.39 is 5.79 Å². The summed E-state index contributed by atoms with van der Waals surface area (Å²) in [5, 5.41) is 11.2. The molecular weight excluding hydrogens is 414 g/mol. The molecule has 2 aromatic rings. The van der Waals surface area contributed by atoms with Crippen molar-refractivity contribution >= 4 is 34.6 Å². The molecule has 1 saturated heterocycles. The van der Waals surface area contributed by atoms with E-state index in [1.54, 1.807) is 6.33 Å². The van der Waals surface area contributed by atoms with Crippen molar-refractivity contribution in [3.63, 3.8) is 0 Å². The molecule has 0 spiro atoms. The van der Waals surface area contributed by atoms with E-state index in [1.807, 2.05) is 19.1 Å². The largest absolute Gasteiger partial charge is 0.378 e. The number of fused-ring (bicyclic) bond motifs is 1. The molecule has 31 heavy (non-hydrogen) atoms. The maximum Gasteiger partial charge on any atom is 0.184 e. The van der Waals surface area contributed by atoms with Crippen LogP contribution >= 0.6 is 11.6 Å². The quantitative estimate of drug-likeness (QED) is 0.575. The van der Waals surface area contributed by atoms with Gasteiger partial charge in [0.05, 0.1) is 36.3 Å². The summed E-state index contributed by atoms with van der Waals surface area (Å²) in [4.78, 5) is 15.0. The minimum Gasteiger partial charge on any atom is -0.378 e. The van der Waals surface area contributed by atoms with Gasteiger partial charge < -0.3 is 30.6 Å². The van der Waals surface area contributed by atoms with E-state index in [9.17, 15) is 0 Å². The van der Waals surface area contributed by atoms with Crippen LogP contribution in [0.5, 0.6) is 0 Å². The summed E-state index contributed by atoms with van der Waals surface area (Å²) < 4.78 is 5.45. The third-order valence-corrected chi connectivity index (χ3v) is 6.53. The molecule has 1 unspecified atom stereocenters. The Balaban J connectivity index is 1.36. The van der Waals surface area contributed by atoms with Crippen LogP contribution in [0.25, 0.3) is 0 Å². The second kappa shape index (κ2) is 8.59. The topological polar surface area (TPSA) is 89.6 Å². The van der Waals surface area contributed by atoms with Crippen LogP contribution in [0.2, 0.25) is 5.02 Å². The van der Waals surface area contributed by atoms with Gasteiger partial charge in [-0.15, -0.1) is 0 Å². The molecule has 1 aromatic carbocycles. The van der Waals surface area contributed by atoms with Gasteiger partial charge in [0, 0.05) is 18.8 Å². The molecule has 8 nitrogen and oxygen atoms in total. The molecule has 4 N–H and O–H groups in total. The van der Waals surface area contributed by atoms with Gasteiger partial charge in [-0.25, -0.2) is 4.98 Å². The molecule has 2 fully saturated rings. The number of aliphatic imine (C=N–C) groups is 1. The highest BCUT2D eigenvalue weighted by atomic mass is 35.5. The van der Waals surface area contributed by atoms with Gasteiger partial charge >= 0.3 is 0 Å². The first-order valence-electron chi connectivity index (χ1n) is 11.2. The Morgan fingerprint density at radius 2 is 2.00 bits per heavy atom. The molecule has 3 aliphatic rings. The minimum atomic E-state index is -0.681. The summed E-state index contributed by atoms with van der Waals surface area (Å²) in [7, 11) is 0. The van der Waals surface area contributed by atoms with Crippen LogP contribution in [0.1, 0.15) is 44.7 Å². The van der Waals surface area contributed by atoms with Crippen LogP contribution < -0.4 is 20.9 Å². The molecule has 3 heterocycles. The van der Waals surface area contributed by atoms with Gasteiger partial charge in [-0.3, -0.25) is 4.99 Å². The second-order valence-electron chi connectivity index (χ2n) is 8.66. The number of benzene rings is 1. The number of imidazole rings is 1. The van der Waals surface area contributed by atoms with Crippen molar-refractivity contribution in [3.05, 3.63) is 35.2 Å². The zero-order chi connectivity index (χ0) is 21.3. The van der Waals surface area contributed by atoms with Gasteiger partial charge in [0.25, 0.3) is 0 Å². The van der Waals surface area contributed by atoms with Crippen molar-refractivity contribution in [1.82, 2.24) is 15.3 Å². The maximum atomic E-state index is 6.67. The lowest BCUT2D eigenvalue weighted by Crippen LogP contribution is -2.61. The fourth-order valence-corrected chi connectivity index (χ4v) is 4.80. The Bertz CT molecular complexity index is 949. The van der Waals surface area contributed by atoms with E-state index in [2.05, 4.69) is 36.9 Å². The monoisotopic (exact) mass is 443 g/mol. The van der Waals surface area contributed by atoms with Crippen LogP contribution in [0.3, 0.4) is 0 Å². The number of morpholine rings is 1. The molecule has 2 aliphatic heterocycles. The van der Waals surface area contributed by atoms with Crippen molar-refractivity contribution in [2.45, 2.75) is 50.9 Å². The van der Waals surface area contributed by atoms with Gasteiger partial charge in [-0.05, 0) is 38.0 Å². The van der Waals surface area contributed by atoms with Gasteiger partial charge in [0.1, 0.15) is 5.69 Å². The molecule has 1 aliphatic carbocycles. The van der Waals surface area contributed by atoms with Crippen LogP contribution in [0.15, 0.2) is 29.5 Å². The molecule has 0 amide bonds. The van der Waals surface area contributed by atoms with Crippen molar-refractivity contribution in [3.8, 4) is 0 Å². The number of nitrogens with one attached hydrogen (secondary N) is 4. The Kier molecular flexibility index (Phi) is 5.67. The minimum absolute atomic E-state index is 0.353. The molecular formula is C22H30ClN7O. The van der Waals surface area contributed by atoms with E-state index in [0.717, 1.165) is 67.9 Å². The lowest BCUT2D eigenvalue weighted by atomic mass is 9.96. The summed E-state index contributed by atoms with van der Waals surface area (Å²) >= 11 is 6.67. The highest BCUT2D eigenvalue weighted by molar-refractivity contribution is 6.33. The van der Waals surface area contributed by atoms with Crippen molar-refractivity contribution < 1.29 is 4.74 Å². The average Bonchev–Trinajstić information content (AvgIpc) is 3.25. The van der Waals surface area contributed by atoms with Crippen LogP contribution in [-0.2, 0) is 4.74 Å².